The second-order valence-corrected chi connectivity index (χ2v) is 2.88. The molecule has 0 aliphatic rings. The number of nitrogens with one attached hydrogen (secondary N) is 1. The average molecular weight is 394 g/mol. The predicted molar refractivity (Wildman–Crippen MR) is 50.6 cm³/mol. The Morgan fingerprint density at radius 2 is 1.80 bits per heavy atom. The van der Waals surface area contributed by atoms with E-state index in [1.54, 1.807) is 30.3 Å². The number of hydrogen-bond donors (Lipinski definition) is 2. The van der Waals surface area contributed by atoms with Crippen LogP contribution in [0.25, 0.3) is 0 Å². The number of aliphatic carboxylic acids is 1. The SMILES string of the molecule is CC(=O)NC(C(=O)O)c1ccccc1.[Hg]. The van der Waals surface area contributed by atoms with E-state index in [1.807, 2.05) is 0 Å². The van der Waals surface area contributed by atoms with E-state index in [-0.39, 0.29) is 33.6 Å². The van der Waals surface area contributed by atoms with Gasteiger partial charge in [-0.25, -0.2) is 4.79 Å². The molecule has 0 aliphatic carbocycles. The van der Waals surface area contributed by atoms with Gasteiger partial charge < -0.3 is 10.4 Å². The van der Waals surface area contributed by atoms with Crippen LogP contribution in [0.2, 0.25) is 0 Å². The maximum atomic E-state index is 10.8. The number of carbonyl (C=O) groups excluding carboxylic acids is 1. The van der Waals surface area contributed by atoms with Gasteiger partial charge in [-0.15, -0.1) is 0 Å². The third kappa shape index (κ3) is 4.42. The van der Waals surface area contributed by atoms with Gasteiger partial charge >= 0.3 is 5.97 Å². The van der Waals surface area contributed by atoms with Gasteiger partial charge in [-0.2, -0.15) is 0 Å². The maximum absolute atomic E-state index is 10.8. The Morgan fingerprint density at radius 1 is 1.27 bits per heavy atom. The third-order valence-electron chi connectivity index (χ3n) is 1.73. The van der Waals surface area contributed by atoms with Crippen LogP contribution >= 0.6 is 0 Å². The van der Waals surface area contributed by atoms with Crippen molar-refractivity contribution in [3.05, 3.63) is 35.9 Å². The van der Waals surface area contributed by atoms with Crippen LogP contribution in [0.15, 0.2) is 30.3 Å². The normalized spacial score (nSPS) is 11.0. The Bertz CT molecular complexity index is 340. The Kier molecular flexibility index (Phi) is 6.16. The first-order valence-electron chi connectivity index (χ1n) is 4.16. The standard InChI is InChI=1S/C10H11NO3.Hg/c1-7(12)11-9(10(13)14)8-5-3-2-4-6-8;/h2-6,9H,1H3,(H,11,12)(H,13,14);. The zero-order valence-corrected chi connectivity index (χ0v) is 13.9. The molecular weight excluding hydrogens is 383 g/mol. The minimum Gasteiger partial charge on any atom is -0.479 e. The second kappa shape index (κ2) is 6.56. The molecule has 1 atom stereocenters. The van der Waals surface area contributed by atoms with Crippen LogP contribution in [-0.4, -0.2) is 17.0 Å². The minimum atomic E-state index is -1.06. The molecule has 15 heavy (non-hydrogen) atoms. The molecule has 0 spiro atoms. The summed E-state index contributed by atoms with van der Waals surface area (Å²) in [6.45, 7) is 1.29. The quantitative estimate of drug-likeness (QED) is 0.751. The summed E-state index contributed by atoms with van der Waals surface area (Å²) in [6, 6.07) is 7.61. The van der Waals surface area contributed by atoms with E-state index in [0.717, 1.165) is 0 Å². The van der Waals surface area contributed by atoms with E-state index in [4.69, 9.17) is 5.11 Å². The molecule has 1 amide bonds. The van der Waals surface area contributed by atoms with E-state index in [2.05, 4.69) is 5.32 Å². The number of amides is 1. The molecule has 1 unspecified atom stereocenters. The van der Waals surface area contributed by atoms with Crippen LogP contribution < -0.4 is 5.32 Å². The van der Waals surface area contributed by atoms with Crippen molar-refractivity contribution in [1.29, 1.82) is 0 Å². The molecule has 0 aliphatic heterocycles. The Balaban J connectivity index is 0.00000196. The van der Waals surface area contributed by atoms with Crippen molar-refractivity contribution in [2.24, 2.45) is 0 Å². The van der Waals surface area contributed by atoms with Gasteiger partial charge in [0.25, 0.3) is 0 Å². The summed E-state index contributed by atoms with van der Waals surface area (Å²) in [5.74, 6) is -1.42. The van der Waals surface area contributed by atoms with Gasteiger partial charge in [0.05, 0.1) is 0 Å². The van der Waals surface area contributed by atoms with Crippen LogP contribution in [0.3, 0.4) is 0 Å². The van der Waals surface area contributed by atoms with Crippen LogP contribution in [0.4, 0.5) is 0 Å². The summed E-state index contributed by atoms with van der Waals surface area (Å²) in [4.78, 5) is 21.6. The molecule has 4 nitrogen and oxygen atoms in total. The molecular formula is C10H11HgNO3. The number of rotatable bonds is 3. The van der Waals surface area contributed by atoms with Crippen molar-refractivity contribution in [2.45, 2.75) is 13.0 Å². The van der Waals surface area contributed by atoms with Crippen LogP contribution in [-0.2, 0) is 37.3 Å². The van der Waals surface area contributed by atoms with Crippen LogP contribution in [0.5, 0.6) is 0 Å². The summed E-state index contributed by atoms with van der Waals surface area (Å²) in [5, 5.41) is 11.2. The first-order chi connectivity index (χ1) is 6.61. The van der Waals surface area contributed by atoms with E-state index in [9.17, 15) is 9.59 Å². The average Bonchev–Trinajstić information content (AvgIpc) is 2.15. The molecule has 1 rings (SSSR count). The molecule has 0 fully saturated rings. The molecule has 5 heteroatoms. The largest absolute Gasteiger partial charge is 0.479 e. The number of carboxylic acid groups (broad SMARTS) is 1. The Labute approximate surface area is 108 Å². The first kappa shape index (κ1) is 14.1. The monoisotopic (exact) mass is 395 g/mol. The van der Waals surface area contributed by atoms with Crippen molar-refractivity contribution in [2.75, 3.05) is 0 Å². The van der Waals surface area contributed by atoms with Crippen LogP contribution in [0, 0.1) is 0 Å². The Morgan fingerprint density at radius 3 is 2.20 bits per heavy atom. The zero-order chi connectivity index (χ0) is 10.6. The molecule has 0 aromatic heterocycles. The summed E-state index contributed by atoms with van der Waals surface area (Å²) < 4.78 is 0. The molecule has 76 valence electrons. The van der Waals surface area contributed by atoms with Gasteiger partial charge in [-0.3, -0.25) is 4.79 Å². The third-order valence-corrected chi connectivity index (χ3v) is 1.73. The van der Waals surface area contributed by atoms with Gasteiger partial charge in [0.2, 0.25) is 5.91 Å². The molecule has 1 aromatic carbocycles. The molecule has 0 heterocycles. The molecule has 1 aromatic rings. The number of carboxylic acids is 1. The molecule has 0 saturated carbocycles. The van der Waals surface area contributed by atoms with Crippen LogP contribution in [0.1, 0.15) is 18.5 Å². The second-order valence-electron chi connectivity index (χ2n) is 2.88. The molecule has 0 saturated heterocycles. The van der Waals surface area contributed by atoms with Crippen molar-refractivity contribution in [1.82, 2.24) is 5.32 Å². The van der Waals surface area contributed by atoms with E-state index >= 15 is 0 Å². The molecule has 2 N–H and O–H groups in total. The fourth-order valence-electron chi connectivity index (χ4n) is 1.14. The topological polar surface area (TPSA) is 66.4 Å². The zero-order valence-electron chi connectivity index (χ0n) is 8.43. The summed E-state index contributed by atoms with van der Waals surface area (Å²) in [7, 11) is 0. The molecule has 0 bridgehead atoms. The van der Waals surface area contributed by atoms with E-state index < -0.39 is 12.0 Å². The number of carbonyl (C=O) groups is 2. The van der Waals surface area contributed by atoms with Gasteiger partial charge in [-0.05, 0) is 5.56 Å². The minimum absolute atomic E-state index is 0. The fourth-order valence-corrected chi connectivity index (χ4v) is 1.14. The van der Waals surface area contributed by atoms with Crippen molar-refractivity contribution in [3.63, 3.8) is 0 Å². The van der Waals surface area contributed by atoms with Gasteiger partial charge in [0.1, 0.15) is 0 Å². The fraction of sp³-hybridized carbons (Fsp3) is 0.200. The molecule has 0 radical (unpaired) electrons. The summed E-state index contributed by atoms with van der Waals surface area (Å²) >= 11 is 0. The van der Waals surface area contributed by atoms with E-state index in [0.29, 0.717) is 5.56 Å². The van der Waals surface area contributed by atoms with Crippen molar-refractivity contribution >= 4 is 11.9 Å². The summed E-state index contributed by atoms with van der Waals surface area (Å²) in [5.41, 5.74) is 0.565. The summed E-state index contributed by atoms with van der Waals surface area (Å²) in [6.07, 6.45) is 0. The first-order valence-corrected chi connectivity index (χ1v) is 4.16. The van der Waals surface area contributed by atoms with E-state index in [1.165, 1.54) is 6.92 Å². The Hall–Kier alpha value is -0.905. The smallest absolute Gasteiger partial charge is 0.330 e. The van der Waals surface area contributed by atoms with Crippen molar-refractivity contribution in [3.8, 4) is 0 Å². The maximum Gasteiger partial charge on any atom is 0.330 e. The van der Waals surface area contributed by atoms with Gasteiger partial charge in [0.15, 0.2) is 6.04 Å². The predicted octanol–water partition coefficient (Wildman–Crippen LogP) is 0.946. The van der Waals surface area contributed by atoms with Crippen molar-refractivity contribution < 1.29 is 42.4 Å². The number of benzene rings is 1. The van der Waals surface area contributed by atoms with Gasteiger partial charge in [-0.1, -0.05) is 30.3 Å². The number of hydrogen-bond acceptors (Lipinski definition) is 2. The van der Waals surface area contributed by atoms with Gasteiger partial charge in [0, 0.05) is 34.6 Å².